The number of hydrogen-bond acceptors (Lipinski definition) is 5. The number of para-hydroxylation sites is 1. The molecule has 6 atom stereocenters. The van der Waals surface area contributed by atoms with E-state index in [1.54, 1.807) is 24.3 Å². The number of nitrogens with zero attached hydrogens (tertiary/aromatic N) is 2. The van der Waals surface area contributed by atoms with E-state index in [-0.39, 0.29) is 36.1 Å². The summed E-state index contributed by atoms with van der Waals surface area (Å²) in [4.78, 5) is 52.7. The highest BCUT2D eigenvalue weighted by Crippen LogP contribution is 2.65. The second kappa shape index (κ2) is 9.54. The summed E-state index contributed by atoms with van der Waals surface area (Å²) < 4.78 is 39.1. The van der Waals surface area contributed by atoms with Gasteiger partial charge in [0.1, 0.15) is 18.1 Å². The Hall–Kier alpha value is -3.62. The first-order chi connectivity index (χ1) is 18.0. The van der Waals surface area contributed by atoms with Crippen molar-refractivity contribution in [2.45, 2.75) is 71.3 Å². The minimum absolute atomic E-state index is 0.00942. The molecule has 3 aliphatic rings. The topological polar surface area (TPSA) is 131 Å². The normalized spacial score (nSPS) is 26.4. The largest absolute Gasteiger partial charge is 0.471 e. The quantitative estimate of drug-likeness (QED) is 0.504. The number of benzene rings is 1. The van der Waals surface area contributed by atoms with E-state index < -0.39 is 53.4 Å². The summed E-state index contributed by atoms with van der Waals surface area (Å²) in [6.07, 6.45) is -5.17. The second-order valence-corrected chi connectivity index (χ2v) is 12.2. The number of likely N-dealkylation sites (tertiary alicyclic amines) is 1. The van der Waals surface area contributed by atoms with E-state index >= 15 is 0 Å². The van der Waals surface area contributed by atoms with Gasteiger partial charge in [-0.2, -0.15) is 18.4 Å². The van der Waals surface area contributed by atoms with Crippen molar-refractivity contribution in [2.75, 3.05) is 11.9 Å². The third kappa shape index (κ3) is 5.18. The average molecular weight is 548 g/mol. The molecule has 1 aromatic rings. The predicted molar refractivity (Wildman–Crippen MR) is 134 cm³/mol. The summed E-state index contributed by atoms with van der Waals surface area (Å²) in [5.41, 5.74) is -0.0246. The lowest BCUT2D eigenvalue weighted by Crippen LogP contribution is -2.61. The zero-order valence-electron chi connectivity index (χ0n) is 22.3. The van der Waals surface area contributed by atoms with Gasteiger partial charge in [-0.05, 0) is 40.7 Å². The lowest BCUT2D eigenvalue weighted by Gasteiger charge is -2.37. The molecule has 2 fully saturated rings. The van der Waals surface area contributed by atoms with Crippen molar-refractivity contribution >= 4 is 29.3 Å². The van der Waals surface area contributed by atoms with Gasteiger partial charge < -0.3 is 20.9 Å². The fourth-order valence-electron chi connectivity index (χ4n) is 5.99. The van der Waals surface area contributed by atoms with Gasteiger partial charge in [0.15, 0.2) is 0 Å². The molecule has 210 valence electrons. The number of nitrogens with one attached hydrogen (secondary N) is 3. The van der Waals surface area contributed by atoms with Crippen LogP contribution in [0.3, 0.4) is 0 Å². The van der Waals surface area contributed by atoms with Gasteiger partial charge >= 0.3 is 12.1 Å². The minimum atomic E-state index is -5.18. The van der Waals surface area contributed by atoms with E-state index in [0.29, 0.717) is 11.3 Å². The number of amides is 4. The average Bonchev–Trinajstić information content (AvgIpc) is 3.15. The van der Waals surface area contributed by atoms with Crippen LogP contribution < -0.4 is 16.0 Å². The lowest BCUT2D eigenvalue weighted by molar-refractivity contribution is -0.176. The van der Waals surface area contributed by atoms with Crippen LogP contribution in [0.4, 0.5) is 18.9 Å². The molecule has 12 heteroatoms. The van der Waals surface area contributed by atoms with E-state index in [9.17, 15) is 37.6 Å². The van der Waals surface area contributed by atoms with Crippen LogP contribution in [0.5, 0.6) is 0 Å². The summed E-state index contributed by atoms with van der Waals surface area (Å²) in [6, 6.07) is 5.45. The van der Waals surface area contributed by atoms with Crippen molar-refractivity contribution in [3.8, 4) is 6.07 Å². The first-order valence-corrected chi connectivity index (χ1v) is 12.8. The third-order valence-corrected chi connectivity index (χ3v) is 8.26. The molecule has 4 amide bonds. The van der Waals surface area contributed by atoms with Crippen LogP contribution in [0.15, 0.2) is 24.3 Å². The molecule has 1 saturated carbocycles. The molecule has 3 N–H and O–H groups in total. The Morgan fingerprint density at radius 2 is 1.82 bits per heavy atom. The van der Waals surface area contributed by atoms with Crippen molar-refractivity contribution in [1.82, 2.24) is 15.5 Å². The summed E-state index contributed by atoms with van der Waals surface area (Å²) in [5, 5.41) is 17.0. The van der Waals surface area contributed by atoms with Gasteiger partial charge in [0.05, 0.1) is 12.0 Å². The molecule has 1 aromatic carbocycles. The van der Waals surface area contributed by atoms with Crippen LogP contribution >= 0.6 is 0 Å². The minimum Gasteiger partial charge on any atom is -0.339 e. The van der Waals surface area contributed by atoms with Crippen molar-refractivity contribution in [2.24, 2.45) is 22.7 Å². The highest BCUT2D eigenvalue weighted by Gasteiger charge is 2.70. The molecule has 0 radical (unpaired) electrons. The van der Waals surface area contributed by atoms with Crippen molar-refractivity contribution in [3.63, 3.8) is 0 Å². The number of piperidine rings is 1. The van der Waals surface area contributed by atoms with Crippen LogP contribution in [0.1, 0.15) is 52.5 Å². The van der Waals surface area contributed by atoms with Gasteiger partial charge in [0.2, 0.25) is 17.7 Å². The number of halogens is 3. The SMILES string of the molecule is CC(C)(C)C(NC(=O)C(F)(F)F)C(=O)N1CC2C(C1C(=O)NC(C#N)CC1C(=O)Nc3ccccc31)C2(C)C. The number of hydrogen-bond donors (Lipinski definition) is 3. The van der Waals surface area contributed by atoms with E-state index in [0.717, 1.165) is 0 Å². The Balaban J connectivity index is 1.54. The zero-order valence-corrected chi connectivity index (χ0v) is 22.3. The van der Waals surface area contributed by atoms with Crippen molar-refractivity contribution in [1.29, 1.82) is 5.26 Å². The molecule has 0 bridgehead atoms. The Labute approximate surface area is 224 Å². The molecule has 9 nitrogen and oxygen atoms in total. The molecule has 1 saturated heterocycles. The molecular formula is C27H32F3N5O4. The summed E-state index contributed by atoms with van der Waals surface area (Å²) in [7, 11) is 0. The van der Waals surface area contributed by atoms with E-state index in [4.69, 9.17) is 0 Å². The summed E-state index contributed by atoms with van der Waals surface area (Å²) in [6.45, 7) is 8.60. The predicted octanol–water partition coefficient (Wildman–Crippen LogP) is 2.70. The lowest BCUT2D eigenvalue weighted by atomic mass is 9.85. The Kier molecular flexibility index (Phi) is 6.94. The number of fused-ring (bicyclic) bond motifs is 2. The van der Waals surface area contributed by atoms with Crippen LogP contribution in [0, 0.1) is 34.0 Å². The maximum atomic E-state index is 13.6. The Bertz CT molecular complexity index is 1250. The van der Waals surface area contributed by atoms with E-state index in [1.165, 1.54) is 25.7 Å². The third-order valence-electron chi connectivity index (χ3n) is 8.26. The van der Waals surface area contributed by atoms with Gasteiger partial charge in [-0.15, -0.1) is 0 Å². The maximum absolute atomic E-state index is 13.6. The number of alkyl halides is 3. The molecule has 4 rings (SSSR count). The van der Waals surface area contributed by atoms with Gasteiger partial charge in [-0.25, -0.2) is 0 Å². The number of anilines is 1. The summed E-state index contributed by atoms with van der Waals surface area (Å²) in [5.74, 6) is -4.92. The van der Waals surface area contributed by atoms with Crippen LogP contribution in [-0.2, 0) is 19.2 Å². The zero-order chi connectivity index (χ0) is 29.1. The monoisotopic (exact) mass is 547 g/mol. The molecular weight excluding hydrogens is 515 g/mol. The first kappa shape index (κ1) is 28.4. The fraction of sp³-hybridized carbons (Fsp3) is 0.593. The molecule has 0 aromatic heterocycles. The highest BCUT2D eigenvalue weighted by atomic mass is 19.4. The smallest absolute Gasteiger partial charge is 0.339 e. The molecule has 0 spiro atoms. The fourth-order valence-corrected chi connectivity index (χ4v) is 5.99. The van der Waals surface area contributed by atoms with E-state index in [1.807, 2.05) is 25.2 Å². The molecule has 39 heavy (non-hydrogen) atoms. The molecule has 2 aliphatic heterocycles. The number of rotatable bonds is 6. The van der Waals surface area contributed by atoms with Gasteiger partial charge in [-0.3, -0.25) is 19.2 Å². The highest BCUT2D eigenvalue weighted by molar-refractivity contribution is 6.03. The molecule has 6 unspecified atom stereocenters. The number of nitriles is 1. The van der Waals surface area contributed by atoms with E-state index in [2.05, 4.69) is 10.6 Å². The molecule has 2 heterocycles. The Morgan fingerprint density at radius 1 is 1.18 bits per heavy atom. The summed E-state index contributed by atoms with van der Waals surface area (Å²) >= 11 is 0. The van der Waals surface area contributed by atoms with Gasteiger partial charge in [-0.1, -0.05) is 52.8 Å². The van der Waals surface area contributed by atoms with Crippen LogP contribution in [-0.4, -0.2) is 59.4 Å². The Morgan fingerprint density at radius 3 is 2.41 bits per heavy atom. The number of carbonyl (C=O) groups excluding carboxylic acids is 4. The van der Waals surface area contributed by atoms with Crippen LogP contribution in [0.2, 0.25) is 0 Å². The van der Waals surface area contributed by atoms with Gasteiger partial charge in [0, 0.05) is 12.2 Å². The van der Waals surface area contributed by atoms with Crippen molar-refractivity contribution < 1.29 is 32.3 Å². The van der Waals surface area contributed by atoms with Gasteiger partial charge in [0.25, 0.3) is 0 Å². The number of carbonyl (C=O) groups is 4. The van der Waals surface area contributed by atoms with Crippen molar-refractivity contribution in [3.05, 3.63) is 29.8 Å². The maximum Gasteiger partial charge on any atom is 0.471 e. The van der Waals surface area contributed by atoms with Crippen LogP contribution in [0.25, 0.3) is 0 Å². The first-order valence-electron chi connectivity index (χ1n) is 12.8. The molecule has 1 aliphatic carbocycles. The standard InChI is InChI=1S/C27H32F3N5O4/c1-25(2,3)20(34-24(39)27(28,29)30)23(38)35-12-16-18(26(16,4)5)19(35)22(37)32-13(11-31)10-15-14-8-6-7-9-17(14)33-21(15)36/h6-9,13,15-16,18-20H,10,12H2,1-5H3,(H,32,37)(H,33,36)(H,34,39). The second-order valence-electron chi connectivity index (χ2n) is 12.2.